The predicted molar refractivity (Wildman–Crippen MR) is 345 cm³/mol. The van der Waals surface area contributed by atoms with Crippen LogP contribution in [0.4, 0.5) is 0 Å². The van der Waals surface area contributed by atoms with Crippen molar-refractivity contribution in [1.29, 1.82) is 10.5 Å². The van der Waals surface area contributed by atoms with Crippen molar-refractivity contribution in [2.45, 2.75) is 0 Å². The highest BCUT2D eigenvalue weighted by molar-refractivity contribution is 7.01. The number of ether oxygens (including phenoxy) is 2. The van der Waals surface area contributed by atoms with Gasteiger partial charge >= 0.3 is 0 Å². The van der Waals surface area contributed by atoms with Crippen LogP contribution in [0, 0.1) is 22.7 Å². The molecule has 6 heteroatoms. The lowest BCUT2D eigenvalue weighted by Crippen LogP contribution is -2.58. The third-order valence-electron chi connectivity index (χ3n) is 18.4. The first-order valence-electron chi connectivity index (χ1n) is 28.7. The molecular weight excluding hydrogens is 1020 g/mol. The Bertz CT molecular complexity index is 4830. The van der Waals surface area contributed by atoms with Crippen LogP contribution in [0.2, 0.25) is 0 Å². The lowest BCUT2D eigenvalue weighted by atomic mass is 9.31. The van der Waals surface area contributed by atoms with Crippen molar-refractivity contribution in [3.63, 3.8) is 0 Å². The molecule has 0 fully saturated rings. The second kappa shape index (κ2) is 17.7. The first kappa shape index (κ1) is 46.6. The van der Waals surface area contributed by atoms with Crippen molar-refractivity contribution in [3.8, 4) is 124 Å². The molecule has 18 rings (SSSR count). The number of fused-ring (bicyclic) bond motifs is 8. The summed E-state index contributed by atoms with van der Waals surface area (Å²) in [5.74, 6) is 2.97. The molecule has 382 valence electrons. The van der Waals surface area contributed by atoms with Crippen LogP contribution in [0.1, 0.15) is 11.1 Å². The predicted octanol–water partition coefficient (Wildman–Crippen LogP) is 15.5. The number of para-hydroxylation sites is 2. The van der Waals surface area contributed by atoms with E-state index in [0.29, 0.717) is 22.6 Å². The molecule has 4 aliphatic heterocycles. The SMILES string of the molecule is N#Cc1cc2c3c(c1)-c1cc(-c4c(-c5ccccc5)cccc4-c4ccccc4)c4cc5c6c(cc(-c7c(-c8ccccc8)cccc7-c7ccccc7)c7cc(c1c4c76)B3c1ccccc1O2)-c1cc(C#N)cc2c1B5c1ccccc1O2. The second-order valence-corrected chi connectivity index (χ2v) is 22.6. The molecule has 0 atom stereocenters. The Labute approximate surface area is 485 Å². The first-order chi connectivity index (χ1) is 41.6. The fraction of sp³-hybridized carbons (Fsp3) is 0. The molecule has 0 N–H and O–H groups in total. The quantitative estimate of drug-likeness (QED) is 0.123. The van der Waals surface area contributed by atoms with Gasteiger partial charge in [-0.05, 0) is 192 Å². The van der Waals surface area contributed by atoms with Crippen molar-refractivity contribution >= 4 is 78.5 Å². The van der Waals surface area contributed by atoms with Gasteiger partial charge in [-0.3, -0.25) is 0 Å². The smallest absolute Gasteiger partial charge is 0.252 e. The zero-order valence-corrected chi connectivity index (χ0v) is 45.1. The lowest BCUT2D eigenvalue weighted by Gasteiger charge is -2.38. The summed E-state index contributed by atoms with van der Waals surface area (Å²) in [6, 6.07) is 96.8. The monoisotopic (exact) mass is 1060 g/mol. The number of hydrogen-bond donors (Lipinski definition) is 0. The Hall–Kier alpha value is -11.2. The third-order valence-corrected chi connectivity index (χ3v) is 18.4. The van der Waals surface area contributed by atoms with E-state index in [9.17, 15) is 10.5 Å². The Morgan fingerprint density at radius 2 is 0.607 bits per heavy atom. The van der Waals surface area contributed by atoms with Gasteiger partial charge in [0.25, 0.3) is 13.4 Å². The van der Waals surface area contributed by atoms with E-state index in [0.717, 1.165) is 155 Å². The van der Waals surface area contributed by atoms with Crippen LogP contribution in [-0.4, -0.2) is 13.4 Å². The minimum atomic E-state index is -0.240. The molecule has 84 heavy (non-hydrogen) atoms. The van der Waals surface area contributed by atoms with Crippen molar-refractivity contribution < 1.29 is 9.47 Å². The van der Waals surface area contributed by atoms with Crippen molar-refractivity contribution in [3.05, 3.63) is 266 Å². The largest absolute Gasteiger partial charge is 0.458 e. The van der Waals surface area contributed by atoms with E-state index in [2.05, 4.69) is 243 Å². The molecule has 0 saturated carbocycles. The van der Waals surface area contributed by atoms with Gasteiger partial charge < -0.3 is 9.47 Å². The van der Waals surface area contributed by atoms with E-state index in [1.165, 1.54) is 10.9 Å². The molecule has 4 aliphatic rings. The number of hydrogen-bond acceptors (Lipinski definition) is 4. The Kier molecular flexibility index (Phi) is 9.79. The summed E-state index contributed by atoms with van der Waals surface area (Å²) in [5, 5.41) is 28.9. The highest BCUT2D eigenvalue weighted by Gasteiger charge is 2.45. The van der Waals surface area contributed by atoms with Crippen LogP contribution >= 0.6 is 0 Å². The van der Waals surface area contributed by atoms with Crippen LogP contribution in [0.15, 0.2) is 255 Å². The summed E-state index contributed by atoms with van der Waals surface area (Å²) in [6.07, 6.45) is 0. The highest BCUT2D eigenvalue weighted by Crippen LogP contribution is 2.55. The summed E-state index contributed by atoms with van der Waals surface area (Å²) < 4.78 is 14.0. The Morgan fingerprint density at radius 3 is 0.964 bits per heavy atom. The summed E-state index contributed by atoms with van der Waals surface area (Å²) in [5.41, 5.74) is 25.2. The number of nitriles is 2. The minimum absolute atomic E-state index is 0.240. The van der Waals surface area contributed by atoms with E-state index < -0.39 is 0 Å². The van der Waals surface area contributed by atoms with Crippen molar-refractivity contribution in [2.75, 3.05) is 0 Å². The zero-order valence-electron chi connectivity index (χ0n) is 45.1. The van der Waals surface area contributed by atoms with Gasteiger partial charge in [-0.25, -0.2) is 0 Å². The second-order valence-electron chi connectivity index (χ2n) is 22.6. The average molecular weight is 1060 g/mol. The molecule has 0 spiro atoms. The summed E-state index contributed by atoms with van der Waals surface area (Å²) in [6.45, 7) is -0.480. The molecule has 14 aromatic rings. The minimum Gasteiger partial charge on any atom is -0.458 e. The fourth-order valence-electron chi connectivity index (χ4n) is 15.1. The fourth-order valence-corrected chi connectivity index (χ4v) is 15.1. The van der Waals surface area contributed by atoms with Crippen LogP contribution in [0.25, 0.3) is 121 Å². The van der Waals surface area contributed by atoms with Gasteiger partial charge in [0.1, 0.15) is 23.0 Å². The van der Waals surface area contributed by atoms with Crippen LogP contribution in [0.5, 0.6) is 23.0 Å². The Morgan fingerprint density at radius 1 is 0.262 bits per heavy atom. The van der Waals surface area contributed by atoms with Crippen LogP contribution in [-0.2, 0) is 0 Å². The van der Waals surface area contributed by atoms with Gasteiger partial charge in [-0.1, -0.05) is 217 Å². The normalized spacial score (nSPS) is 12.6. The van der Waals surface area contributed by atoms with Crippen LogP contribution in [0.3, 0.4) is 0 Å². The van der Waals surface area contributed by atoms with Crippen molar-refractivity contribution in [1.82, 2.24) is 0 Å². The van der Waals surface area contributed by atoms with E-state index in [1.54, 1.807) is 0 Å². The lowest BCUT2D eigenvalue weighted by molar-refractivity contribution is 0.487. The van der Waals surface area contributed by atoms with E-state index in [1.807, 2.05) is 24.3 Å². The molecule has 0 amide bonds. The Balaban J connectivity index is 1.12. The summed E-state index contributed by atoms with van der Waals surface area (Å²) in [7, 11) is 0. The summed E-state index contributed by atoms with van der Waals surface area (Å²) in [4.78, 5) is 0. The van der Waals surface area contributed by atoms with Gasteiger partial charge in [0.05, 0.1) is 23.3 Å². The zero-order chi connectivity index (χ0) is 55.3. The molecule has 0 bridgehead atoms. The standard InChI is InChI=1S/C78H42B2N2O2/c81-43-45-35-61-57-39-55(71-51(47-19-5-1-6-20-47)27-17-28-52(71)48-21-7-2-8-22-48)59-41-65-74-58(62-36-46(44-82)38-70-78(62)79(65)63-31-13-15-33-67(63)84-70)40-56(72-53(49-23-9-3-10-24-49)29-18-30-54(72)50-25-11-4-12-26-50)60-42-66(73(57)75(59)76(60)74)80-64-32-14-16-34-68(64)83-69(37-45)77(61)80/h1-42H. The van der Waals surface area contributed by atoms with E-state index >= 15 is 0 Å². The maximum absolute atomic E-state index is 11.0. The molecule has 0 aliphatic carbocycles. The first-order valence-corrected chi connectivity index (χ1v) is 28.7. The van der Waals surface area contributed by atoms with Gasteiger partial charge in [-0.15, -0.1) is 0 Å². The van der Waals surface area contributed by atoms with Gasteiger partial charge in [0.15, 0.2) is 0 Å². The molecule has 0 saturated heterocycles. The molecule has 0 aromatic heterocycles. The van der Waals surface area contributed by atoms with Crippen molar-refractivity contribution in [2.24, 2.45) is 0 Å². The maximum atomic E-state index is 11.0. The average Bonchev–Trinajstić information content (AvgIpc) is 2.31. The van der Waals surface area contributed by atoms with Gasteiger partial charge in [-0.2, -0.15) is 10.5 Å². The number of benzene rings is 14. The number of rotatable bonds is 6. The molecular formula is C78H42B2N2O2. The van der Waals surface area contributed by atoms with E-state index in [-0.39, 0.29) is 13.4 Å². The molecule has 4 nitrogen and oxygen atoms in total. The highest BCUT2D eigenvalue weighted by atomic mass is 16.5. The molecule has 0 unspecified atom stereocenters. The van der Waals surface area contributed by atoms with Gasteiger partial charge in [0, 0.05) is 0 Å². The maximum Gasteiger partial charge on any atom is 0.252 e. The van der Waals surface area contributed by atoms with Crippen LogP contribution < -0.4 is 42.3 Å². The third kappa shape index (κ3) is 6.48. The molecule has 0 radical (unpaired) electrons. The summed E-state index contributed by atoms with van der Waals surface area (Å²) >= 11 is 0. The topological polar surface area (TPSA) is 66.0 Å². The molecule has 14 aromatic carbocycles. The van der Waals surface area contributed by atoms with E-state index in [4.69, 9.17) is 9.47 Å². The number of nitrogens with zero attached hydrogens (tertiary/aromatic N) is 2. The van der Waals surface area contributed by atoms with Gasteiger partial charge in [0.2, 0.25) is 0 Å². The molecule has 4 heterocycles.